The molecule has 2 aliphatic heterocycles. The maximum absolute atomic E-state index is 13.1. The standard InChI is InChI=1S/C25H23NO4/c1-14(2)10-15-12-22(27)29-20-9-8-18-24(28)21(30-25(18)23(15)20)11-16-13-26(3)19-7-5-4-6-17(16)19/h4-9,11,13-15H,10,12H2,1-3H3/b21-11-/t15-/m1/s1. The molecule has 5 rings (SSSR count). The Morgan fingerprint density at radius 2 is 1.93 bits per heavy atom. The van der Waals surface area contributed by atoms with Gasteiger partial charge in [0, 0.05) is 41.2 Å². The summed E-state index contributed by atoms with van der Waals surface area (Å²) in [5.74, 6) is 1.38. The quantitative estimate of drug-likeness (QED) is 0.342. The van der Waals surface area contributed by atoms with Crippen molar-refractivity contribution in [3.63, 3.8) is 0 Å². The minimum Gasteiger partial charge on any atom is -0.452 e. The summed E-state index contributed by atoms with van der Waals surface area (Å²) in [5.41, 5.74) is 3.40. The van der Waals surface area contributed by atoms with Crippen LogP contribution in [0.3, 0.4) is 0 Å². The highest BCUT2D eigenvalue weighted by Gasteiger charge is 2.38. The molecule has 3 heterocycles. The fraction of sp³-hybridized carbons (Fsp3) is 0.280. The SMILES string of the molecule is CC(C)C[C@@H]1CC(=O)Oc2ccc3c(c21)O/C(=C\c1cn(C)c2ccccc12)C3=O. The highest BCUT2D eigenvalue weighted by molar-refractivity contribution is 6.15. The largest absolute Gasteiger partial charge is 0.452 e. The first-order valence-electron chi connectivity index (χ1n) is 10.3. The third kappa shape index (κ3) is 2.93. The summed E-state index contributed by atoms with van der Waals surface area (Å²) < 4.78 is 13.6. The predicted molar refractivity (Wildman–Crippen MR) is 115 cm³/mol. The highest BCUT2D eigenvalue weighted by atomic mass is 16.5. The van der Waals surface area contributed by atoms with Gasteiger partial charge in [-0.2, -0.15) is 0 Å². The number of aryl methyl sites for hydroxylation is 1. The lowest BCUT2D eigenvalue weighted by molar-refractivity contribution is -0.136. The van der Waals surface area contributed by atoms with Crippen molar-refractivity contribution in [1.29, 1.82) is 0 Å². The van der Waals surface area contributed by atoms with Crippen molar-refractivity contribution in [2.24, 2.45) is 13.0 Å². The monoisotopic (exact) mass is 401 g/mol. The van der Waals surface area contributed by atoms with Crippen LogP contribution in [0.25, 0.3) is 17.0 Å². The zero-order valence-electron chi connectivity index (χ0n) is 17.3. The summed E-state index contributed by atoms with van der Waals surface area (Å²) >= 11 is 0. The Morgan fingerprint density at radius 1 is 1.13 bits per heavy atom. The number of nitrogens with zero attached hydrogens (tertiary/aromatic N) is 1. The molecule has 0 radical (unpaired) electrons. The number of allylic oxidation sites excluding steroid dienone is 1. The molecule has 0 amide bonds. The average molecular weight is 401 g/mol. The van der Waals surface area contributed by atoms with Crippen LogP contribution in [0.5, 0.6) is 11.5 Å². The van der Waals surface area contributed by atoms with Gasteiger partial charge in [-0.3, -0.25) is 9.59 Å². The summed E-state index contributed by atoms with van der Waals surface area (Å²) in [5, 5.41) is 1.06. The lowest BCUT2D eigenvalue weighted by atomic mass is 9.84. The predicted octanol–water partition coefficient (Wildman–Crippen LogP) is 5.23. The van der Waals surface area contributed by atoms with E-state index in [9.17, 15) is 9.59 Å². The summed E-state index contributed by atoms with van der Waals surface area (Å²) in [4.78, 5) is 25.2. The average Bonchev–Trinajstić information content (AvgIpc) is 3.18. The molecule has 2 aliphatic rings. The van der Waals surface area contributed by atoms with Crippen LogP contribution in [0, 0.1) is 5.92 Å². The topological polar surface area (TPSA) is 57.5 Å². The second-order valence-electron chi connectivity index (χ2n) is 8.51. The van der Waals surface area contributed by atoms with Gasteiger partial charge >= 0.3 is 5.97 Å². The number of hydrogen-bond acceptors (Lipinski definition) is 4. The Bertz CT molecular complexity index is 1230. The molecule has 5 heteroatoms. The Balaban J connectivity index is 1.59. The van der Waals surface area contributed by atoms with Gasteiger partial charge in [0.25, 0.3) is 0 Å². The van der Waals surface area contributed by atoms with Gasteiger partial charge in [0.2, 0.25) is 5.78 Å². The zero-order valence-corrected chi connectivity index (χ0v) is 17.3. The molecule has 0 saturated heterocycles. The molecule has 0 saturated carbocycles. The van der Waals surface area contributed by atoms with Gasteiger partial charge in [0.05, 0.1) is 12.0 Å². The van der Waals surface area contributed by atoms with Gasteiger partial charge in [-0.15, -0.1) is 0 Å². The third-order valence-electron chi connectivity index (χ3n) is 5.85. The number of para-hydroxylation sites is 1. The molecule has 5 nitrogen and oxygen atoms in total. The van der Waals surface area contributed by atoms with Crippen molar-refractivity contribution >= 4 is 28.7 Å². The van der Waals surface area contributed by atoms with Gasteiger partial charge in [-0.25, -0.2) is 0 Å². The van der Waals surface area contributed by atoms with E-state index in [1.807, 2.05) is 48.2 Å². The molecule has 1 aromatic heterocycles. The fourth-order valence-electron chi connectivity index (χ4n) is 4.60. The number of carbonyl (C=O) groups excluding carboxylic acids is 2. The normalized spacial score (nSPS) is 19.2. The van der Waals surface area contributed by atoms with E-state index in [1.54, 1.807) is 12.1 Å². The number of ketones is 1. The van der Waals surface area contributed by atoms with E-state index in [0.29, 0.717) is 35.2 Å². The summed E-state index contributed by atoms with van der Waals surface area (Å²) in [6.07, 6.45) is 4.94. The smallest absolute Gasteiger partial charge is 0.311 e. The molecule has 0 bridgehead atoms. The van der Waals surface area contributed by atoms with Crippen LogP contribution < -0.4 is 9.47 Å². The molecule has 0 N–H and O–H groups in total. The van der Waals surface area contributed by atoms with Crippen molar-refractivity contribution in [3.05, 3.63) is 65.0 Å². The molecule has 3 aromatic rings. The minimum absolute atomic E-state index is 0.0131. The molecule has 1 atom stereocenters. The first-order valence-corrected chi connectivity index (χ1v) is 10.3. The number of benzene rings is 2. The summed E-state index contributed by atoms with van der Waals surface area (Å²) in [6, 6.07) is 11.5. The Labute approximate surface area is 174 Å². The van der Waals surface area contributed by atoms with Crippen molar-refractivity contribution in [3.8, 4) is 11.5 Å². The number of Topliss-reactive ketones (excluding diaryl/α,β-unsaturated/α-hetero) is 1. The first kappa shape index (κ1) is 18.7. The van der Waals surface area contributed by atoms with Gasteiger partial charge in [0.1, 0.15) is 11.5 Å². The molecule has 152 valence electrons. The van der Waals surface area contributed by atoms with Crippen LogP contribution in [0.15, 0.2) is 48.4 Å². The van der Waals surface area contributed by atoms with E-state index >= 15 is 0 Å². The van der Waals surface area contributed by atoms with Crippen LogP contribution in [-0.4, -0.2) is 16.3 Å². The van der Waals surface area contributed by atoms with E-state index in [2.05, 4.69) is 13.8 Å². The number of aromatic nitrogens is 1. The maximum Gasteiger partial charge on any atom is 0.311 e. The van der Waals surface area contributed by atoms with Crippen molar-refractivity contribution < 1.29 is 19.1 Å². The van der Waals surface area contributed by atoms with Crippen LogP contribution in [0.1, 0.15) is 54.1 Å². The summed E-state index contributed by atoms with van der Waals surface area (Å²) in [6.45, 7) is 4.25. The highest BCUT2D eigenvalue weighted by Crippen LogP contribution is 2.48. The first-order chi connectivity index (χ1) is 14.4. The van der Waals surface area contributed by atoms with Crippen molar-refractivity contribution in [2.45, 2.75) is 32.6 Å². The van der Waals surface area contributed by atoms with E-state index in [1.165, 1.54) is 0 Å². The Kier molecular flexibility index (Phi) is 4.28. The van der Waals surface area contributed by atoms with Crippen molar-refractivity contribution in [1.82, 2.24) is 4.57 Å². The van der Waals surface area contributed by atoms with Gasteiger partial charge in [-0.05, 0) is 36.6 Å². The van der Waals surface area contributed by atoms with Crippen LogP contribution in [-0.2, 0) is 11.8 Å². The lowest BCUT2D eigenvalue weighted by Crippen LogP contribution is -2.21. The van der Waals surface area contributed by atoms with E-state index in [4.69, 9.17) is 9.47 Å². The van der Waals surface area contributed by atoms with Gasteiger partial charge in [0.15, 0.2) is 5.76 Å². The number of ether oxygens (including phenoxy) is 2. The third-order valence-corrected chi connectivity index (χ3v) is 5.85. The Hall–Kier alpha value is -3.34. The fourth-order valence-corrected chi connectivity index (χ4v) is 4.60. The molecule has 0 aliphatic carbocycles. The van der Waals surface area contributed by atoms with Crippen LogP contribution in [0.4, 0.5) is 0 Å². The van der Waals surface area contributed by atoms with Crippen LogP contribution in [0.2, 0.25) is 0 Å². The maximum atomic E-state index is 13.1. The summed E-state index contributed by atoms with van der Waals surface area (Å²) in [7, 11) is 1.98. The number of esters is 1. The molecular weight excluding hydrogens is 378 g/mol. The number of fused-ring (bicyclic) bond motifs is 4. The Morgan fingerprint density at radius 3 is 2.73 bits per heavy atom. The second kappa shape index (κ2) is 6.87. The van der Waals surface area contributed by atoms with Crippen LogP contribution >= 0.6 is 0 Å². The number of hydrogen-bond donors (Lipinski definition) is 0. The second-order valence-corrected chi connectivity index (χ2v) is 8.51. The lowest BCUT2D eigenvalue weighted by Gasteiger charge is -2.27. The molecule has 0 spiro atoms. The van der Waals surface area contributed by atoms with Gasteiger partial charge in [-0.1, -0.05) is 32.0 Å². The molecule has 30 heavy (non-hydrogen) atoms. The molecular formula is C25H23NO4. The zero-order chi connectivity index (χ0) is 21.0. The van der Waals surface area contributed by atoms with Crippen molar-refractivity contribution in [2.75, 3.05) is 0 Å². The number of carbonyl (C=O) groups is 2. The van der Waals surface area contributed by atoms with E-state index < -0.39 is 0 Å². The van der Waals surface area contributed by atoms with Gasteiger partial charge < -0.3 is 14.0 Å². The van der Waals surface area contributed by atoms with E-state index in [0.717, 1.165) is 28.5 Å². The number of rotatable bonds is 3. The minimum atomic E-state index is -0.232. The van der Waals surface area contributed by atoms with E-state index in [-0.39, 0.29) is 17.7 Å². The molecule has 0 fully saturated rings. The molecule has 2 aromatic carbocycles. The molecule has 0 unspecified atom stereocenters.